The quantitative estimate of drug-likeness (QED) is 0.393. The van der Waals surface area contributed by atoms with E-state index >= 15 is 0 Å². The lowest BCUT2D eigenvalue weighted by molar-refractivity contribution is -0.384. The molecule has 2 amide bonds. The second kappa shape index (κ2) is 7.59. The predicted molar refractivity (Wildman–Crippen MR) is 107 cm³/mol. The SMILES string of the molecule is NC(=O)c1c(NC(=S)NC(=O)c2ccc([N+](=O)[O-])cc2Cl)sc2c1CCC2. The molecule has 1 heterocycles. The van der Waals surface area contributed by atoms with Crippen molar-refractivity contribution in [3.05, 3.63) is 54.9 Å². The Labute approximate surface area is 167 Å². The molecule has 0 spiro atoms. The van der Waals surface area contributed by atoms with E-state index in [9.17, 15) is 19.7 Å². The molecule has 2 aromatic rings. The highest BCUT2D eigenvalue weighted by molar-refractivity contribution is 7.80. The summed E-state index contributed by atoms with van der Waals surface area (Å²) in [7, 11) is 0. The van der Waals surface area contributed by atoms with Crippen molar-refractivity contribution < 1.29 is 14.5 Å². The number of nitro benzene ring substituents is 1. The van der Waals surface area contributed by atoms with Gasteiger partial charge in [-0.25, -0.2) is 0 Å². The summed E-state index contributed by atoms with van der Waals surface area (Å²) in [5.41, 5.74) is 6.63. The van der Waals surface area contributed by atoms with Crippen molar-refractivity contribution in [1.82, 2.24) is 5.32 Å². The maximum Gasteiger partial charge on any atom is 0.270 e. The number of fused-ring (bicyclic) bond motifs is 1. The highest BCUT2D eigenvalue weighted by Crippen LogP contribution is 2.38. The topological polar surface area (TPSA) is 127 Å². The van der Waals surface area contributed by atoms with E-state index in [1.807, 2.05) is 0 Å². The van der Waals surface area contributed by atoms with Gasteiger partial charge >= 0.3 is 0 Å². The summed E-state index contributed by atoms with van der Waals surface area (Å²) >= 11 is 12.5. The van der Waals surface area contributed by atoms with Crippen molar-refractivity contribution in [3.63, 3.8) is 0 Å². The molecule has 1 aromatic heterocycles. The third-order valence-corrected chi connectivity index (χ3v) is 5.75. The van der Waals surface area contributed by atoms with Crippen LogP contribution in [0.15, 0.2) is 18.2 Å². The fourth-order valence-electron chi connectivity index (χ4n) is 2.86. The number of hydrogen-bond acceptors (Lipinski definition) is 6. The molecule has 27 heavy (non-hydrogen) atoms. The number of nitrogens with two attached hydrogens (primary N) is 1. The Hall–Kier alpha value is -2.56. The number of halogens is 1. The Bertz CT molecular complexity index is 989. The average Bonchev–Trinajstić information content (AvgIpc) is 3.14. The van der Waals surface area contributed by atoms with Gasteiger partial charge in [-0.15, -0.1) is 11.3 Å². The largest absolute Gasteiger partial charge is 0.365 e. The zero-order valence-electron chi connectivity index (χ0n) is 13.7. The van der Waals surface area contributed by atoms with E-state index < -0.39 is 16.7 Å². The van der Waals surface area contributed by atoms with Gasteiger partial charge in [0, 0.05) is 17.0 Å². The van der Waals surface area contributed by atoms with Crippen LogP contribution in [0.1, 0.15) is 37.6 Å². The molecule has 1 aliphatic carbocycles. The second-order valence-corrected chi connectivity index (χ2v) is 7.68. The number of nitrogens with one attached hydrogen (secondary N) is 2. The number of non-ortho nitro benzene ring substituents is 1. The van der Waals surface area contributed by atoms with Crippen LogP contribution < -0.4 is 16.4 Å². The monoisotopic (exact) mass is 424 g/mol. The van der Waals surface area contributed by atoms with E-state index in [-0.39, 0.29) is 21.4 Å². The molecular formula is C16H13ClN4O4S2. The van der Waals surface area contributed by atoms with E-state index in [1.165, 1.54) is 23.5 Å². The highest BCUT2D eigenvalue weighted by Gasteiger charge is 2.26. The normalized spacial score (nSPS) is 12.3. The lowest BCUT2D eigenvalue weighted by Crippen LogP contribution is -2.34. The van der Waals surface area contributed by atoms with Crippen molar-refractivity contribution in [1.29, 1.82) is 0 Å². The number of thiophene rings is 1. The molecule has 0 fully saturated rings. The summed E-state index contributed by atoms with van der Waals surface area (Å²) in [5.74, 6) is -1.18. The van der Waals surface area contributed by atoms with Crippen molar-refractivity contribution >= 4 is 62.8 Å². The Morgan fingerprint density at radius 3 is 2.70 bits per heavy atom. The molecule has 0 radical (unpaired) electrons. The molecule has 0 bridgehead atoms. The lowest BCUT2D eigenvalue weighted by atomic mass is 10.1. The van der Waals surface area contributed by atoms with Gasteiger partial charge < -0.3 is 11.1 Å². The van der Waals surface area contributed by atoms with Crippen LogP contribution in [0.25, 0.3) is 0 Å². The molecule has 0 atom stereocenters. The van der Waals surface area contributed by atoms with Gasteiger partial charge in [-0.1, -0.05) is 11.6 Å². The maximum absolute atomic E-state index is 12.3. The molecule has 0 saturated heterocycles. The lowest BCUT2D eigenvalue weighted by Gasteiger charge is -2.10. The molecule has 0 aliphatic heterocycles. The highest BCUT2D eigenvalue weighted by atomic mass is 35.5. The summed E-state index contributed by atoms with van der Waals surface area (Å²) in [5, 5.41) is 16.4. The standard InChI is InChI=1S/C16H13ClN4O4S2/c17-10-6-7(21(24)25)4-5-8(10)14(23)19-16(26)20-15-12(13(18)22)9-2-1-3-11(9)27-15/h4-6H,1-3H2,(H2,18,22)(H2,19,20,23,26). The van der Waals surface area contributed by atoms with Gasteiger partial charge in [-0.3, -0.25) is 25.0 Å². The van der Waals surface area contributed by atoms with Crippen molar-refractivity contribution in [2.75, 3.05) is 5.32 Å². The number of amides is 2. The molecule has 8 nitrogen and oxygen atoms in total. The van der Waals surface area contributed by atoms with Crippen LogP contribution in [-0.4, -0.2) is 21.9 Å². The van der Waals surface area contributed by atoms with Gasteiger partial charge in [0.05, 0.1) is 21.1 Å². The minimum atomic E-state index is -0.628. The predicted octanol–water partition coefficient (Wildman–Crippen LogP) is 3.02. The number of carbonyl (C=O) groups excluding carboxylic acids is 2. The first-order valence-electron chi connectivity index (χ1n) is 7.78. The van der Waals surface area contributed by atoms with Crippen LogP contribution in [-0.2, 0) is 12.8 Å². The molecular weight excluding hydrogens is 412 g/mol. The van der Waals surface area contributed by atoms with Gasteiger partial charge in [0.1, 0.15) is 5.00 Å². The minimum absolute atomic E-state index is 0.0307. The van der Waals surface area contributed by atoms with Crippen LogP contribution in [0.2, 0.25) is 5.02 Å². The Kier molecular flexibility index (Phi) is 5.40. The summed E-state index contributed by atoms with van der Waals surface area (Å²) in [6.45, 7) is 0. The zero-order chi connectivity index (χ0) is 19.7. The number of thiocarbonyl (C=S) groups is 1. The van der Waals surface area contributed by atoms with Crippen molar-refractivity contribution in [3.8, 4) is 0 Å². The van der Waals surface area contributed by atoms with Crippen LogP contribution in [0, 0.1) is 10.1 Å². The van der Waals surface area contributed by atoms with Crippen LogP contribution in [0.3, 0.4) is 0 Å². The number of carbonyl (C=O) groups is 2. The number of aryl methyl sites for hydroxylation is 1. The number of benzene rings is 1. The maximum atomic E-state index is 12.3. The first-order valence-corrected chi connectivity index (χ1v) is 9.38. The van der Waals surface area contributed by atoms with E-state index in [0.29, 0.717) is 10.6 Å². The average molecular weight is 425 g/mol. The molecule has 0 unspecified atom stereocenters. The summed E-state index contributed by atoms with van der Waals surface area (Å²) in [4.78, 5) is 35.3. The van der Waals surface area contributed by atoms with Crippen LogP contribution >= 0.6 is 35.2 Å². The second-order valence-electron chi connectivity index (χ2n) is 5.76. The smallest absolute Gasteiger partial charge is 0.270 e. The first-order chi connectivity index (χ1) is 12.8. The summed E-state index contributed by atoms with van der Waals surface area (Å²) in [6, 6.07) is 3.50. The van der Waals surface area contributed by atoms with Crippen molar-refractivity contribution in [2.45, 2.75) is 19.3 Å². The van der Waals surface area contributed by atoms with E-state index in [0.717, 1.165) is 35.8 Å². The number of nitro groups is 1. The third kappa shape index (κ3) is 3.92. The van der Waals surface area contributed by atoms with Gasteiger partial charge in [0.25, 0.3) is 17.5 Å². The van der Waals surface area contributed by atoms with Crippen LogP contribution in [0.4, 0.5) is 10.7 Å². The van der Waals surface area contributed by atoms with Gasteiger partial charge in [0.15, 0.2) is 5.11 Å². The molecule has 1 aromatic carbocycles. The Balaban J connectivity index is 1.74. The fraction of sp³-hybridized carbons (Fsp3) is 0.188. The molecule has 0 saturated carbocycles. The number of rotatable bonds is 4. The van der Waals surface area contributed by atoms with Gasteiger partial charge in [-0.05, 0) is 43.1 Å². The summed E-state index contributed by atoms with van der Waals surface area (Å²) < 4.78 is 0. The third-order valence-electron chi connectivity index (χ3n) is 4.03. The van der Waals surface area contributed by atoms with E-state index in [4.69, 9.17) is 29.6 Å². The van der Waals surface area contributed by atoms with Gasteiger partial charge in [-0.2, -0.15) is 0 Å². The number of primary amides is 1. The number of hydrogen-bond donors (Lipinski definition) is 3. The zero-order valence-corrected chi connectivity index (χ0v) is 16.1. The van der Waals surface area contributed by atoms with E-state index in [2.05, 4.69) is 10.6 Å². The number of anilines is 1. The van der Waals surface area contributed by atoms with Crippen LogP contribution in [0.5, 0.6) is 0 Å². The number of nitrogens with zero attached hydrogens (tertiary/aromatic N) is 1. The Morgan fingerprint density at radius 1 is 1.33 bits per heavy atom. The van der Waals surface area contributed by atoms with E-state index in [1.54, 1.807) is 0 Å². The summed E-state index contributed by atoms with van der Waals surface area (Å²) in [6.07, 6.45) is 2.63. The first kappa shape index (κ1) is 19.2. The minimum Gasteiger partial charge on any atom is -0.365 e. The Morgan fingerprint density at radius 2 is 2.07 bits per heavy atom. The molecule has 11 heteroatoms. The molecule has 140 valence electrons. The molecule has 3 rings (SSSR count). The fourth-order valence-corrected chi connectivity index (χ4v) is 4.68. The van der Waals surface area contributed by atoms with Gasteiger partial charge in [0.2, 0.25) is 0 Å². The molecule has 1 aliphatic rings. The van der Waals surface area contributed by atoms with Crippen molar-refractivity contribution in [2.24, 2.45) is 5.73 Å². The molecule has 4 N–H and O–H groups in total.